The molecule has 176 valence electrons. The van der Waals surface area contributed by atoms with Gasteiger partial charge in [0.1, 0.15) is 11.5 Å². The van der Waals surface area contributed by atoms with E-state index in [9.17, 15) is 14.7 Å². The second-order valence-corrected chi connectivity index (χ2v) is 7.87. The maximum Gasteiger partial charge on any atom is 0.295 e. The molecule has 1 aliphatic rings. The number of carbonyl (C=O) groups is 2. The third-order valence-electron chi connectivity index (χ3n) is 5.47. The van der Waals surface area contributed by atoms with E-state index in [1.54, 1.807) is 24.3 Å². The van der Waals surface area contributed by atoms with Crippen LogP contribution in [0.15, 0.2) is 48.0 Å². The van der Waals surface area contributed by atoms with Crippen LogP contribution >= 0.6 is 0 Å². The van der Waals surface area contributed by atoms with Gasteiger partial charge in [0.2, 0.25) is 0 Å². The molecule has 0 saturated carbocycles. The normalized spacial score (nSPS) is 17.5. The van der Waals surface area contributed by atoms with Gasteiger partial charge in [-0.25, -0.2) is 0 Å². The fraction of sp³-hybridized carbons (Fsp3) is 0.360. The number of aliphatic hydroxyl groups is 1. The average molecular weight is 455 g/mol. The summed E-state index contributed by atoms with van der Waals surface area (Å²) in [6.07, 6.45) is 0. The molecule has 1 unspecified atom stereocenters. The number of hydrogen-bond acceptors (Lipinski definition) is 7. The van der Waals surface area contributed by atoms with E-state index in [-0.39, 0.29) is 11.3 Å². The predicted octanol–water partition coefficient (Wildman–Crippen LogP) is 3.09. The van der Waals surface area contributed by atoms with Crippen LogP contribution in [0.3, 0.4) is 0 Å². The van der Waals surface area contributed by atoms with Crippen LogP contribution in [0.1, 0.15) is 24.1 Å². The van der Waals surface area contributed by atoms with Gasteiger partial charge in [0.25, 0.3) is 11.7 Å². The van der Waals surface area contributed by atoms with E-state index in [1.165, 1.54) is 19.1 Å². The van der Waals surface area contributed by atoms with Crippen LogP contribution in [0, 0.1) is 0 Å². The minimum atomic E-state index is -0.751. The quantitative estimate of drug-likeness (QED) is 0.354. The molecule has 2 aromatic carbocycles. The molecule has 2 aromatic rings. The maximum atomic E-state index is 13.1. The molecule has 8 nitrogen and oxygen atoms in total. The number of ether oxygens (including phenoxy) is 3. The Balaban J connectivity index is 2.17. The summed E-state index contributed by atoms with van der Waals surface area (Å²) in [7, 11) is 6.79. The molecule has 0 spiro atoms. The van der Waals surface area contributed by atoms with Crippen molar-refractivity contribution < 1.29 is 28.9 Å². The van der Waals surface area contributed by atoms with Crippen molar-refractivity contribution in [1.29, 1.82) is 0 Å². The highest BCUT2D eigenvalue weighted by molar-refractivity contribution is 6.46. The Labute approximate surface area is 194 Å². The number of hydrogen-bond donors (Lipinski definition) is 1. The van der Waals surface area contributed by atoms with Gasteiger partial charge in [0.15, 0.2) is 11.5 Å². The van der Waals surface area contributed by atoms with Crippen molar-refractivity contribution in [3.8, 4) is 17.2 Å². The predicted molar refractivity (Wildman–Crippen MR) is 125 cm³/mol. The maximum absolute atomic E-state index is 13.1. The molecule has 1 atom stereocenters. The highest BCUT2D eigenvalue weighted by atomic mass is 16.5. The van der Waals surface area contributed by atoms with Crippen LogP contribution < -0.4 is 14.2 Å². The van der Waals surface area contributed by atoms with Crippen LogP contribution in [0.25, 0.3) is 5.76 Å². The number of methoxy groups -OCH3 is 2. The van der Waals surface area contributed by atoms with Gasteiger partial charge in [-0.2, -0.15) is 0 Å². The molecular formula is C25H30N2O6. The highest BCUT2D eigenvalue weighted by Crippen LogP contribution is 2.41. The SMILES string of the molecule is CCOc1cccc(C2/C(=C(\O)c3ccc(OC)c(OC)c3)C(=O)C(=O)N2CCN(C)C)c1. The monoisotopic (exact) mass is 454 g/mol. The lowest BCUT2D eigenvalue weighted by molar-refractivity contribution is -0.140. The lowest BCUT2D eigenvalue weighted by Gasteiger charge is -2.27. The molecule has 1 N–H and O–H groups in total. The first kappa shape index (κ1) is 24.1. The lowest BCUT2D eigenvalue weighted by Crippen LogP contribution is -2.35. The Morgan fingerprint density at radius 1 is 1.06 bits per heavy atom. The van der Waals surface area contributed by atoms with Crippen molar-refractivity contribution in [2.45, 2.75) is 13.0 Å². The van der Waals surface area contributed by atoms with E-state index in [0.29, 0.717) is 48.1 Å². The van der Waals surface area contributed by atoms with Gasteiger partial charge in [-0.1, -0.05) is 12.1 Å². The largest absolute Gasteiger partial charge is 0.507 e. The molecule has 0 radical (unpaired) electrons. The Morgan fingerprint density at radius 3 is 2.42 bits per heavy atom. The molecule has 3 rings (SSSR count). The van der Waals surface area contributed by atoms with Crippen molar-refractivity contribution in [2.75, 3.05) is 48.0 Å². The molecule has 1 aliphatic heterocycles. The van der Waals surface area contributed by atoms with Gasteiger partial charge in [-0.15, -0.1) is 0 Å². The number of benzene rings is 2. The minimum absolute atomic E-state index is 0.0274. The molecule has 1 heterocycles. The van der Waals surface area contributed by atoms with Crippen LogP contribution in [0.4, 0.5) is 0 Å². The standard InChI is InChI=1S/C25H30N2O6/c1-6-33-18-9-7-8-16(14-18)22-21(24(29)25(30)27(22)13-12-26(2)3)23(28)17-10-11-19(31-4)20(15-17)32-5/h7-11,14-15,22,28H,6,12-13H2,1-5H3/b23-21+. The zero-order chi connectivity index (χ0) is 24.1. The first-order valence-electron chi connectivity index (χ1n) is 10.7. The Hall–Kier alpha value is -3.52. The molecule has 0 aromatic heterocycles. The third-order valence-corrected chi connectivity index (χ3v) is 5.47. The van der Waals surface area contributed by atoms with Crippen molar-refractivity contribution in [3.05, 3.63) is 59.2 Å². The molecule has 1 saturated heterocycles. The molecule has 33 heavy (non-hydrogen) atoms. The number of ketones is 1. The summed E-state index contributed by atoms with van der Waals surface area (Å²) in [5.74, 6) is -0.133. The average Bonchev–Trinajstić information content (AvgIpc) is 3.07. The van der Waals surface area contributed by atoms with E-state index in [0.717, 1.165) is 0 Å². The van der Waals surface area contributed by atoms with Crippen molar-refractivity contribution >= 4 is 17.4 Å². The van der Waals surface area contributed by atoms with Crippen molar-refractivity contribution in [1.82, 2.24) is 9.80 Å². The Morgan fingerprint density at radius 2 is 1.79 bits per heavy atom. The minimum Gasteiger partial charge on any atom is -0.507 e. The summed E-state index contributed by atoms with van der Waals surface area (Å²) < 4.78 is 16.2. The summed E-state index contributed by atoms with van der Waals surface area (Å²) in [4.78, 5) is 29.6. The number of carbonyl (C=O) groups excluding carboxylic acids is 2. The van der Waals surface area contributed by atoms with E-state index in [1.807, 2.05) is 44.1 Å². The van der Waals surface area contributed by atoms with Crippen LogP contribution in [-0.4, -0.2) is 74.6 Å². The molecular weight excluding hydrogens is 424 g/mol. The highest BCUT2D eigenvalue weighted by Gasteiger charge is 2.46. The second-order valence-electron chi connectivity index (χ2n) is 7.87. The van der Waals surface area contributed by atoms with E-state index in [2.05, 4.69) is 0 Å². The fourth-order valence-electron chi connectivity index (χ4n) is 3.85. The van der Waals surface area contributed by atoms with E-state index < -0.39 is 17.7 Å². The summed E-state index contributed by atoms with van der Waals surface area (Å²) in [5.41, 5.74) is 1.06. The van der Waals surface area contributed by atoms with Crippen molar-refractivity contribution in [3.63, 3.8) is 0 Å². The van der Waals surface area contributed by atoms with Gasteiger partial charge < -0.3 is 29.1 Å². The number of Topliss-reactive ketones (excluding diaryl/α,β-unsaturated/α-hetero) is 1. The van der Waals surface area contributed by atoms with E-state index in [4.69, 9.17) is 14.2 Å². The number of aliphatic hydroxyl groups excluding tert-OH is 1. The Bertz CT molecular complexity index is 1060. The lowest BCUT2D eigenvalue weighted by atomic mass is 9.95. The first-order chi connectivity index (χ1) is 15.8. The number of rotatable bonds is 9. The topological polar surface area (TPSA) is 88.5 Å². The number of amides is 1. The molecule has 1 fully saturated rings. The van der Waals surface area contributed by atoms with Crippen molar-refractivity contribution in [2.24, 2.45) is 0 Å². The second kappa shape index (κ2) is 10.4. The Kier molecular flexibility index (Phi) is 7.60. The summed E-state index contributed by atoms with van der Waals surface area (Å²) >= 11 is 0. The summed E-state index contributed by atoms with van der Waals surface area (Å²) in [6.45, 7) is 3.25. The van der Waals surface area contributed by atoms with Crippen LogP contribution in [0.5, 0.6) is 17.2 Å². The van der Waals surface area contributed by atoms with Gasteiger partial charge >= 0.3 is 0 Å². The first-order valence-corrected chi connectivity index (χ1v) is 10.7. The van der Waals surface area contributed by atoms with Gasteiger partial charge in [-0.05, 0) is 56.9 Å². The fourth-order valence-corrected chi connectivity index (χ4v) is 3.85. The zero-order valence-corrected chi connectivity index (χ0v) is 19.6. The molecule has 1 amide bonds. The number of likely N-dealkylation sites (tertiary alicyclic amines) is 1. The smallest absolute Gasteiger partial charge is 0.295 e. The summed E-state index contributed by atoms with van der Waals surface area (Å²) in [5, 5.41) is 11.2. The van der Waals surface area contributed by atoms with Crippen LogP contribution in [0.2, 0.25) is 0 Å². The van der Waals surface area contributed by atoms with Gasteiger partial charge in [-0.3, -0.25) is 9.59 Å². The molecule has 0 bridgehead atoms. The number of likely N-dealkylation sites (N-methyl/N-ethyl adjacent to an activating group) is 1. The third kappa shape index (κ3) is 4.96. The van der Waals surface area contributed by atoms with Gasteiger partial charge in [0.05, 0.1) is 32.4 Å². The van der Waals surface area contributed by atoms with Gasteiger partial charge in [0, 0.05) is 18.7 Å². The zero-order valence-electron chi connectivity index (χ0n) is 19.6. The van der Waals surface area contributed by atoms with Crippen LogP contribution in [-0.2, 0) is 9.59 Å². The number of nitrogens with zero attached hydrogens (tertiary/aromatic N) is 2. The molecule has 0 aliphatic carbocycles. The molecule has 8 heteroatoms. The summed E-state index contributed by atoms with van der Waals surface area (Å²) in [6, 6.07) is 11.3. The van der Waals surface area contributed by atoms with E-state index >= 15 is 0 Å².